The molecular formula is C9H8Cl2O2. The molecule has 70 valence electrons. The summed E-state index contributed by atoms with van der Waals surface area (Å²) >= 11 is 11.5. The fourth-order valence-corrected chi connectivity index (χ4v) is 1.77. The third-order valence-electron chi connectivity index (χ3n) is 1.98. The van der Waals surface area contributed by atoms with E-state index in [2.05, 4.69) is 0 Å². The van der Waals surface area contributed by atoms with Crippen LogP contribution >= 0.6 is 23.2 Å². The number of benzene rings is 1. The van der Waals surface area contributed by atoms with E-state index in [0.717, 1.165) is 22.6 Å². The van der Waals surface area contributed by atoms with E-state index in [0.29, 0.717) is 11.8 Å². The van der Waals surface area contributed by atoms with Crippen molar-refractivity contribution in [2.45, 2.75) is 11.8 Å². The molecule has 1 aromatic carbocycles. The lowest BCUT2D eigenvalue weighted by Crippen LogP contribution is -1.92. The van der Waals surface area contributed by atoms with Gasteiger partial charge in [0.2, 0.25) is 6.79 Å². The molecule has 0 fully saturated rings. The summed E-state index contributed by atoms with van der Waals surface area (Å²) in [5, 5.41) is 0. The molecule has 0 atom stereocenters. The Morgan fingerprint density at radius 3 is 1.85 bits per heavy atom. The van der Waals surface area contributed by atoms with Crippen molar-refractivity contribution in [1.82, 2.24) is 0 Å². The van der Waals surface area contributed by atoms with Crippen molar-refractivity contribution in [2.24, 2.45) is 0 Å². The van der Waals surface area contributed by atoms with Crippen LogP contribution in [0.4, 0.5) is 0 Å². The maximum atomic E-state index is 5.76. The van der Waals surface area contributed by atoms with E-state index in [-0.39, 0.29) is 6.79 Å². The zero-order chi connectivity index (χ0) is 9.26. The van der Waals surface area contributed by atoms with Gasteiger partial charge in [-0.25, -0.2) is 0 Å². The van der Waals surface area contributed by atoms with Gasteiger partial charge >= 0.3 is 0 Å². The summed E-state index contributed by atoms with van der Waals surface area (Å²) in [6.45, 7) is 0.281. The average Bonchev–Trinajstić information content (AvgIpc) is 2.62. The SMILES string of the molecule is ClCc1cc2c(cc1CCl)OCO2. The molecule has 0 spiro atoms. The molecule has 1 aliphatic rings. The Morgan fingerprint density at radius 1 is 1.00 bits per heavy atom. The molecule has 0 amide bonds. The molecule has 0 aromatic heterocycles. The van der Waals surface area contributed by atoms with Gasteiger partial charge in [-0.3, -0.25) is 0 Å². The predicted octanol–water partition coefficient (Wildman–Crippen LogP) is 2.89. The minimum atomic E-state index is 0.281. The molecule has 0 aliphatic carbocycles. The van der Waals surface area contributed by atoms with Crippen LogP contribution in [0.3, 0.4) is 0 Å². The molecule has 13 heavy (non-hydrogen) atoms. The van der Waals surface area contributed by atoms with Gasteiger partial charge in [-0.2, -0.15) is 0 Å². The van der Waals surface area contributed by atoms with E-state index in [9.17, 15) is 0 Å². The van der Waals surface area contributed by atoms with Crippen molar-refractivity contribution in [1.29, 1.82) is 0 Å². The van der Waals surface area contributed by atoms with Crippen LogP contribution in [0.5, 0.6) is 11.5 Å². The Labute approximate surface area is 86.4 Å². The number of rotatable bonds is 2. The minimum Gasteiger partial charge on any atom is -0.454 e. The fraction of sp³-hybridized carbons (Fsp3) is 0.333. The molecular weight excluding hydrogens is 211 g/mol. The number of alkyl halides is 2. The van der Waals surface area contributed by atoms with Gasteiger partial charge in [-0.1, -0.05) is 0 Å². The largest absolute Gasteiger partial charge is 0.454 e. The summed E-state index contributed by atoms with van der Waals surface area (Å²) in [5.41, 5.74) is 2.00. The lowest BCUT2D eigenvalue weighted by atomic mass is 10.1. The van der Waals surface area contributed by atoms with Crippen LogP contribution in [0.1, 0.15) is 11.1 Å². The Balaban J connectivity index is 2.47. The van der Waals surface area contributed by atoms with Crippen molar-refractivity contribution in [3.05, 3.63) is 23.3 Å². The number of ether oxygens (including phenoxy) is 2. The number of fused-ring (bicyclic) bond motifs is 1. The zero-order valence-electron chi connectivity index (χ0n) is 6.85. The first-order chi connectivity index (χ1) is 6.35. The predicted molar refractivity (Wildman–Crippen MR) is 51.7 cm³/mol. The summed E-state index contributed by atoms with van der Waals surface area (Å²) in [7, 11) is 0. The minimum absolute atomic E-state index is 0.281. The van der Waals surface area contributed by atoms with Crippen LogP contribution in [0.15, 0.2) is 12.1 Å². The molecule has 1 aromatic rings. The second kappa shape index (κ2) is 3.64. The van der Waals surface area contributed by atoms with Gasteiger partial charge in [0.05, 0.1) is 0 Å². The van der Waals surface area contributed by atoms with Crippen LogP contribution < -0.4 is 9.47 Å². The summed E-state index contributed by atoms with van der Waals surface area (Å²) in [6.07, 6.45) is 0. The standard InChI is InChI=1S/C9H8Cl2O2/c10-3-6-1-8-9(13-5-12-8)2-7(6)4-11/h1-2H,3-5H2. The highest BCUT2D eigenvalue weighted by molar-refractivity contribution is 6.18. The van der Waals surface area contributed by atoms with Crippen LogP contribution in [0, 0.1) is 0 Å². The molecule has 4 heteroatoms. The smallest absolute Gasteiger partial charge is 0.231 e. The third kappa shape index (κ3) is 1.56. The average molecular weight is 219 g/mol. The number of halogens is 2. The van der Waals surface area contributed by atoms with Gasteiger partial charge in [0.1, 0.15) is 0 Å². The Kier molecular flexibility index (Phi) is 2.51. The molecule has 0 saturated carbocycles. The van der Waals surface area contributed by atoms with Gasteiger partial charge < -0.3 is 9.47 Å². The van der Waals surface area contributed by atoms with Gasteiger partial charge in [-0.05, 0) is 23.3 Å². The molecule has 0 unspecified atom stereocenters. The first kappa shape index (κ1) is 8.97. The molecule has 2 nitrogen and oxygen atoms in total. The highest BCUT2D eigenvalue weighted by atomic mass is 35.5. The summed E-state index contributed by atoms with van der Waals surface area (Å²) < 4.78 is 10.4. The summed E-state index contributed by atoms with van der Waals surface area (Å²) in [6, 6.07) is 3.76. The summed E-state index contributed by atoms with van der Waals surface area (Å²) in [5.74, 6) is 2.39. The van der Waals surface area contributed by atoms with Crippen LogP contribution in [-0.2, 0) is 11.8 Å². The lowest BCUT2D eigenvalue weighted by Gasteiger charge is -2.05. The van der Waals surface area contributed by atoms with Gasteiger partial charge in [-0.15, -0.1) is 23.2 Å². The molecule has 2 rings (SSSR count). The monoisotopic (exact) mass is 218 g/mol. The van der Waals surface area contributed by atoms with E-state index in [1.54, 1.807) is 0 Å². The molecule has 1 aliphatic heterocycles. The first-order valence-corrected chi connectivity index (χ1v) is 4.95. The number of hydrogen-bond acceptors (Lipinski definition) is 2. The highest BCUT2D eigenvalue weighted by Gasteiger charge is 2.16. The maximum Gasteiger partial charge on any atom is 0.231 e. The topological polar surface area (TPSA) is 18.5 Å². The Hall–Kier alpha value is -0.600. The molecule has 0 radical (unpaired) electrons. The second-order valence-electron chi connectivity index (χ2n) is 2.74. The van der Waals surface area contributed by atoms with Gasteiger partial charge in [0.15, 0.2) is 11.5 Å². The third-order valence-corrected chi connectivity index (χ3v) is 2.56. The summed E-state index contributed by atoms with van der Waals surface area (Å²) in [4.78, 5) is 0. The van der Waals surface area contributed by atoms with Gasteiger partial charge in [0.25, 0.3) is 0 Å². The maximum absolute atomic E-state index is 5.76. The quantitative estimate of drug-likeness (QED) is 0.712. The first-order valence-electron chi connectivity index (χ1n) is 3.88. The normalized spacial score (nSPS) is 13.4. The lowest BCUT2D eigenvalue weighted by molar-refractivity contribution is 0.174. The second-order valence-corrected chi connectivity index (χ2v) is 3.28. The molecule has 0 N–H and O–H groups in total. The van der Waals surface area contributed by atoms with Crippen LogP contribution in [-0.4, -0.2) is 6.79 Å². The van der Waals surface area contributed by atoms with Crippen molar-refractivity contribution >= 4 is 23.2 Å². The zero-order valence-corrected chi connectivity index (χ0v) is 8.36. The molecule has 0 bridgehead atoms. The van der Waals surface area contributed by atoms with E-state index in [1.807, 2.05) is 12.1 Å². The van der Waals surface area contributed by atoms with E-state index < -0.39 is 0 Å². The van der Waals surface area contributed by atoms with Gasteiger partial charge in [0, 0.05) is 11.8 Å². The highest BCUT2D eigenvalue weighted by Crippen LogP contribution is 2.35. The number of hydrogen-bond donors (Lipinski definition) is 0. The Morgan fingerprint density at radius 2 is 1.46 bits per heavy atom. The Bertz CT molecular complexity index is 295. The van der Waals surface area contributed by atoms with Crippen molar-refractivity contribution < 1.29 is 9.47 Å². The van der Waals surface area contributed by atoms with Crippen molar-refractivity contribution in [3.8, 4) is 11.5 Å². The van der Waals surface area contributed by atoms with E-state index in [1.165, 1.54) is 0 Å². The molecule has 1 heterocycles. The van der Waals surface area contributed by atoms with E-state index in [4.69, 9.17) is 32.7 Å². The van der Waals surface area contributed by atoms with Crippen LogP contribution in [0.25, 0.3) is 0 Å². The van der Waals surface area contributed by atoms with Crippen LogP contribution in [0.2, 0.25) is 0 Å². The fourth-order valence-electron chi connectivity index (χ4n) is 1.27. The van der Waals surface area contributed by atoms with Crippen molar-refractivity contribution in [2.75, 3.05) is 6.79 Å². The van der Waals surface area contributed by atoms with Crippen molar-refractivity contribution in [3.63, 3.8) is 0 Å². The molecule has 0 saturated heterocycles. The van der Waals surface area contributed by atoms with E-state index >= 15 is 0 Å².